The maximum absolute atomic E-state index is 14.1. The van der Waals surface area contributed by atoms with Crippen molar-refractivity contribution in [1.82, 2.24) is 9.13 Å². The van der Waals surface area contributed by atoms with Crippen LogP contribution in [0, 0.1) is 58.2 Å². The molecule has 0 saturated heterocycles. The number of rotatable bonds is 17. The first-order valence-corrected chi connectivity index (χ1v) is 28.6. The molecule has 1 N–H and O–H groups in total. The molecule has 16 nitrogen and oxygen atoms in total. The number of pyridine rings is 2. The van der Waals surface area contributed by atoms with Crippen molar-refractivity contribution in [2.45, 2.75) is 23.0 Å². The number of halogens is 15. The molecule has 0 saturated carbocycles. The standard InChI is InChI=1S/C29H16F7NO6S.C22H11BrF5NO5S.C7H6BF2O3.2H3P/c1-41-21-13-15(14-3-2-4-17(11-14)42-29(35)36)5-8-20(21)37-19-9-7-18(12-16(19)6-10-22(37)38)44(39,40)43-28-26(33)24(31)23(30)25(32)27(28)34;1-33-15-9-11(23)3-5-14(15)29-13-6-4-12(8-10(13)2-7-16(29)30)35(31,32)34-22-20(27)18(25)17(24)19(26)21(22)28;9-7(10)12-5-2-1-3-6(4-5)13-8-11;;/h2-13,29H,1H3;2-9H,1H3;1-4,7,11H;2*1H3. The lowest BCUT2D eigenvalue weighted by Crippen LogP contribution is -2.19. The maximum atomic E-state index is 14.1. The molecule has 10 rings (SSSR count). The van der Waals surface area contributed by atoms with Gasteiger partial charge in [0.25, 0.3) is 11.1 Å². The number of alkyl halides is 4. The Balaban J connectivity index is 0.000000250. The van der Waals surface area contributed by atoms with Crippen molar-refractivity contribution in [3.63, 3.8) is 0 Å². The highest BCUT2D eigenvalue weighted by Gasteiger charge is 2.33. The Bertz CT molecular complexity index is 4820. The summed E-state index contributed by atoms with van der Waals surface area (Å²) < 4.78 is 272. The van der Waals surface area contributed by atoms with Gasteiger partial charge in [0.15, 0.2) is 0 Å². The summed E-state index contributed by atoms with van der Waals surface area (Å²) >= 11 is 3.29. The van der Waals surface area contributed by atoms with Gasteiger partial charge in [-0.15, -0.1) is 0 Å². The Morgan fingerprint density at radius 3 is 1.26 bits per heavy atom. The van der Waals surface area contributed by atoms with Crippen molar-refractivity contribution in [3.05, 3.63) is 229 Å². The number of hydrogen-bond acceptors (Lipinski definition) is 14. The number of ether oxygens (including phenoxy) is 4. The van der Waals surface area contributed by atoms with E-state index >= 15 is 0 Å². The molecule has 0 amide bonds. The third-order valence-electron chi connectivity index (χ3n) is 12.4. The fraction of sp³-hybridized carbons (Fsp3) is 0.0690. The van der Waals surface area contributed by atoms with Crippen molar-refractivity contribution in [2.75, 3.05) is 14.2 Å². The molecule has 2 unspecified atom stereocenters. The maximum Gasteiger partial charge on any atom is 0.569 e. The molecule has 1 radical (unpaired) electrons. The second kappa shape index (κ2) is 30.9. The third-order valence-corrected chi connectivity index (χ3v) is 15.4. The zero-order chi connectivity index (χ0) is 67.3. The third kappa shape index (κ3) is 16.2. The monoisotopic (exact) mass is 1470 g/mol. The van der Waals surface area contributed by atoms with Crippen LogP contribution in [0.1, 0.15) is 0 Å². The Labute approximate surface area is 536 Å². The van der Waals surface area contributed by atoms with E-state index < -0.39 is 124 Å². The van der Waals surface area contributed by atoms with Crippen molar-refractivity contribution in [2.24, 2.45) is 0 Å². The first-order valence-electron chi connectivity index (χ1n) is 25.0. The van der Waals surface area contributed by atoms with Crippen molar-refractivity contribution >= 4 is 85.5 Å². The van der Waals surface area contributed by atoms with E-state index in [0.717, 1.165) is 47.0 Å². The number of benzene rings is 8. The first kappa shape index (κ1) is 74.1. The molecule has 10 aromatic rings. The summed E-state index contributed by atoms with van der Waals surface area (Å²) in [6, 6.07) is 31.8. The van der Waals surface area contributed by atoms with Gasteiger partial charge in [0.1, 0.15) is 38.5 Å². The smallest absolute Gasteiger partial charge is 0.537 e. The fourth-order valence-corrected chi connectivity index (χ4v) is 10.7. The predicted octanol–water partition coefficient (Wildman–Crippen LogP) is 13.3. The van der Waals surface area contributed by atoms with Gasteiger partial charge in [-0.1, -0.05) is 40.2 Å². The van der Waals surface area contributed by atoms with Crippen molar-refractivity contribution in [1.29, 1.82) is 0 Å². The van der Waals surface area contributed by atoms with Gasteiger partial charge in [0, 0.05) is 33.4 Å². The van der Waals surface area contributed by atoms with Crippen LogP contribution in [0.5, 0.6) is 40.2 Å². The van der Waals surface area contributed by atoms with Crippen molar-refractivity contribution < 1.29 is 115 Å². The quantitative estimate of drug-likeness (QED) is 0.0226. The van der Waals surface area contributed by atoms with Crippen molar-refractivity contribution in [3.8, 4) is 62.7 Å². The fourth-order valence-electron chi connectivity index (χ4n) is 8.40. The Morgan fingerprint density at radius 1 is 0.447 bits per heavy atom. The lowest BCUT2D eigenvalue weighted by molar-refractivity contribution is -0.0505. The molecule has 8 aromatic carbocycles. The molecule has 2 heterocycles. The predicted molar refractivity (Wildman–Crippen MR) is 324 cm³/mol. The summed E-state index contributed by atoms with van der Waals surface area (Å²) in [5.41, 5.74) is 0.828. The average molecular weight is 1470 g/mol. The molecule has 0 aliphatic carbocycles. The van der Waals surface area contributed by atoms with Crippen LogP contribution in [0.25, 0.3) is 44.3 Å². The molecule has 94 heavy (non-hydrogen) atoms. The van der Waals surface area contributed by atoms with E-state index in [1.54, 1.807) is 30.3 Å². The van der Waals surface area contributed by atoms with Gasteiger partial charge in [-0.2, -0.15) is 71.8 Å². The van der Waals surface area contributed by atoms with Gasteiger partial charge >= 0.3 is 41.1 Å². The highest BCUT2D eigenvalue weighted by Crippen LogP contribution is 2.37. The normalized spacial score (nSPS) is 11.1. The van der Waals surface area contributed by atoms with E-state index in [1.807, 2.05) is 0 Å². The van der Waals surface area contributed by atoms with Crippen LogP contribution in [0.3, 0.4) is 0 Å². The van der Waals surface area contributed by atoms with Crippen LogP contribution in [-0.2, 0) is 20.2 Å². The van der Waals surface area contributed by atoms with Crippen LogP contribution < -0.4 is 43.1 Å². The van der Waals surface area contributed by atoms with Crippen LogP contribution in [0.15, 0.2) is 169 Å². The summed E-state index contributed by atoms with van der Waals surface area (Å²) in [6.45, 7) is -5.90. The molecule has 36 heteroatoms. The average Bonchev–Trinajstić information content (AvgIpc) is 0.771. The van der Waals surface area contributed by atoms with E-state index in [9.17, 15) is 87.9 Å². The number of methoxy groups -OCH3 is 2. The topological polar surface area (TPSA) is 197 Å². The molecule has 0 aliphatic rings. The molecule has 2 aromatic heterocycles. The molecule has 0 spiro atoms. The van der Waals surface area contributed by atoms with Gasteiger partial charge in [0.05, 0.1) is 36.6 Å². The second-order valence-corrected chi connectivity index (χ2v) is 22.0. The lowest BCUT2D eigenvalue weighted by Gasteiger charge is -2.16. The molecule has 2 atom stereocenters. The van der Waals surface area contributed by atoms with Gasteiger partial charge < -0.3 is 37.0 Å². The Hall–Kier alpha value is -8.94. The lowest BCUT2D eigenvalue weighted by atomic mass is 10.0. The summed E-state index contributed by atoms with van der Waals surface area (Å²) in [7, 11) is -7.04. The van der Waals surface area contributed by atoms with E-state index in [0.29, 0.717) is 34.7 Å². The largest absolute Gasteiger partial charge is 0.569 e. The van der Waals surface area contributed by atoms with Crippen LogP contribution in [0.2, 0.25) is 0 Å². The van der Waals surface area contributed by atoms with Gasteiger partial charge in [-0.25, -0.2) is 26.3 Å². The van der Waals surface area contributed by atoms with E-state index in [4.69, 9.17) is 14.5 Å². The highest BCUT2D eigenvalue weighted by atomic mass is 79.9. The number of hydrogen-bond donors (Lipinski definition) is 1. The van der Waals surface area contributed by atoms with E-state index in [1.165, 1.54) is 91.6 Å². The molecule has 495 valence electrons. The first-order chi connectivity index (χ1) is 43.5. The summed E-state index contributed by atoms with van der Waals surface area (Å²) in [5.74, 6) is -27.7. The molecular weight excluding hydrogens is 1430 g/mol. The zero-order valence-corrected chi connectivity index (χ0v) is 53.2. The van der Waals surface area contributed by atoms with Gasteiger partial charge in [0.2, 0.25) is 69.7 Å². The Kier molecular flexibility index (Phi) is 24.3. The minimum Gasteiger partial charge on any atom is -0.537 e. The SMILES string of the molecule is COc1cc(-c2cccc(OC(F)F)c2)ccc1-n1c(=O)ccc2cc(S(=O)(=O)Oc3c(F)c(F)c(F)c(F)c3F)ccc21.COc1cc(Br)ccc1-n1c(=O)ccc2cc(S(=O)(=O)Oc3c(F)c(F)c(F)c(F)c3F)ccc21.O[B]Oc1cccc(OC(F)F)c1.P.P. The summed E-state index contributed by atoms with van der Waals surface area (Å²) in [4.78, 5) is 24.2. The number of fused-ring (bicyclic) bond motifs is 2. The van der Waals surface area contributed by atoms with Crippen LogP contribution in [-0.4, -0.2) is 66.1 Å². The van der Waals surface area contributed by atoms with Gasteiger partial charge in [-0.05, 0) is 114 Å². The highest BCUT2D eigenvalue weighted by molar-refractivity contribution is 9.10. The van der Waals surface area contributed by atoms with Crippen LogP contribution >= 0.6 is 35.7 Å². The van der Waals surface area contributed by atoms with E-state index in [2.05, 4.69) is 38.4 Å². The number of nitrogens with zero attached hydrogens (tertiary/aromatic N) is 2. The molecule has 0 aliphatic heterocycles. The minimum atomic E-state index is -5.15. The van der Waals surface area contributed by atoms with Crippen LogP contribution in [0.4, 0.5) is 61.5 Å². The zero-order valence-electron chi connectivity index (χ0n) is 47.1. The summed E-state index contributed by atoms with van der Waals surface area (Å²) in [6.07, 6.45) is 0. The molecule has 0 bridgehead atoms. The minimum absolute atomic E-state index is 0. The summed E-state index contributed by atoms with van der Waals surface area (Å²) in [5, 5.41) is 8.53. The second-order valence-electron chi connectivity index (χ2n) is 18.0. The Morgan fingerprint density at radius 2 is 0.830 bits per heavy atom. The number of aromatic nitrogens is 2. The molecular formula is C58H39BBrF14N2O14P2S2. The van der Waals surface area contributed by atoms with Gasteiger partial charge in [-0.3, -0.25) is 18.7 Å². The molecule has 0 fully saturated rings. The van der Waals surface area contributed by atoms with E-state index in [-0.39, 0.29) is 70.3 Å².